The highest BCUT2D eigenvalue weighted by Gasteiger charge is 2.11. The van der Waals surface area contributed by atoms with E-state index in [1.807, 2.05) is 0 Å². The maximum atomic E-state index is 10.6. The molecule has 4 nitrogen and oxygen atoms in total. The van der Waals surface area contributed by atoms with Gasteiger partial charge in [-0.25, -0.2) is 0 Å². The first-order valence-corrected chi connectivity index (χ1v) is 5.68. The Kier molecular flexibility index (Phi) is 3.36. The van der Waals surface area contributed by atoms with E-state index in [-0.39, 0.29) is 0 Å². The Morgan fingerprint density at radius 1 is 1.50 bits per heavy atom. The molecule has 0 bridgehead atoms. The number of rotatable bonds is 3. The van der Waals surface area contributed by atoms with Gasteiger partial charge in [-0.3, -0.25) is 4.55 Å². The summed E-state index contributed by atoms with van der Waals surface area (Å²) >= 11 is 5.67. The molecule has 0 aliphatic heterocycles. The van der Waals surface area contributed by atoms with Gasteiger partial charge in [0.25, 0.3) is 10.1 Å². The van der Waals surface area contributed by atoms with Gasteiger partial charge in [-0.05, 0) is 18.2 Å². The number of benzene rings is 1. The first kappa shape index (κ1) is 11.3. The van der Waals surface area contributed by atoms with Crippen molar-refractivity contribution >= 4 is 21.7 Å². The normalized spacial score (nSPS) is 11.4. The third-order valence-electron chi connectivity index (χ3n) is 1.58. The van der Waals surface area contributed by atoms with Crippen LogP contribution in [0.3, 0.4) is 0 Å². The van der Waals surface area contributed by atoms with Crippen LogP contribution in [-0.2, 0) is 15.9 Å². The highest BCUT2D eigenvalue weighted by atomic mass is 35.5. The smallest absolute Gasteiger partial charge is 0.269 e. The van der Waals surface area contributed by atoms with Gasteiger partial charge in [-0.1, -0.05) is 11.6 Å². The molecule has 0 atom stereocenters. The first-order valence-electron chi connectivity index (χ1n) is 3.70. The van der Waals surface area contributed by atoms with Crippen molar-refractivity contribution in [1.29, 1.82) is 0 Å². The predicted octanol–water partition coefficient (Wildman–Crippen LogP) is 1.74. The molecule has 0 aromatic heterocycles. The van der Waals surface area contributed by atoms with Crippen molar-refractivity contribution in [3.8, 4) is 5.75 Å². The standard InChI is InChI=1S/C8H9ClO4S/c1-13-8-3-2-7(9)4-6(8)5-14(10,11)12/h2-4H,5H2,1H3,(H,10,11,12). The minimum Gasteiger partial charge on any atom is -0.496 e. The molecule has 0 aliphatic rings. The molecule has 0 unspecified atom stereocenters. The van der Waals surface area contributed by atoms with Gasteiger partial charge in [0.05, 0.1) is 7.11 Å². The molecule has 1 aromatic rings. The molecule has 1 N–H and O–H groups in total. The Balaban J connectivity index is 3.11. The number of hydrogen-bond acceptors (Lipinski definition) is 3. The molecule has 6 heteroatoms. The zero-order valence-corrected chi connectivity index (χ0v) is 8.97. The molecular weight excluding hydrogens is 228 g/mol. The lowest BCUT2D eigenvalue weighted by Gasteiger charge is -2.06. The summed E-state index contributed by atoms with van der Waals surface area (Å²) < 4.78 is 34.8. The van der Waals surface area contributed by atoms with Crippen LogP contribution >= 0.6 is 11.6 Å². The van der Waals surface area contributed by atoms with Crippen molar-refractivity contribution in [3.05, 3.63) is 28.8 Å². The Bertz CT molecular complexity index is 427. The van der Waals surface area contributed by atoms with Gasteiger partial charge in [-0.15, -0.1) is 0 Å². The fourth-order valence-electron chi connectivity index (χ4n) is 1.06. The topological polar surface area (TPSA) is 63.6 Å². The quantitative estimate of drug-likeness (QED) is 0.812. The van der Waals surface area contributed by atoms with Crippen LogP contribution in [0.5, 0.6) is 5.75 Å². The summed E-state index contributed by atoms with van der Waals surface area (Å²) in [5, 5.41) is 0.393. The average Bonchev–Trinajstić information content (AvgIpc) is 2.01. The summed E-state index contributed by atoms with van der Waals surface area (Å²) in [6.45, 7) is 0. The molecule has 0 radical (unpaired) electrons. The Labute approximate surface area is 87.2 Å². The summed E-state index contributed by atoms with van der Waals surface area (Å²) in [4.78, 5) is 0. The molecule has 0 saturated heterocycles. The van der Waals surface area contributed by atoms with Crippen LogP contribution in [0.2, 0.25) is 5.02 Å². The maximum Gasteiger partial charge on any atom is 0.269 e. The van der Waals surface area contributed by atoms with Crippen molar-refractivity contribution in [2.45, 2.75) is 5.75 Å². The largest absolute Gasteiger partial charge is 0.496 e. The molecule has 0 spiro atoms. The predicted molar refractivity (Wildman–Crippen MR) is 53.3 cm³/mol. The van der Waals surface area contributed by atoms with Gasteiger partial charge >= 0.3 is 0 Å². The van der Waals surface area contributed by atoms with E-state index >= 15 is 0 Å². The highest BCUT2D eigenvalue weighted by Crippen LogP contribution is 2.24. The molecule has 14 heavy (non-hydrogen) atoms. The highest BCUT2D eigenvalue weighted by molar-refractivity contribution is 7.85. The third-order valence-corrected chi connectivity index (χ3v) is 2.49. The summed E-state index contributed by atoms with van der Waals surface area (Å²) in [5.74, 6) is -0.122. The molecule has 1 aromatic carbocycles. The van der Waals surface area contributed by atoms with Crippen LogP contribution in [-0.4, -0.2) is 20.1 Å². The average molecular weight is 237 g/mol. The van der Waals surface area contributed by atoms with Crippen molar-refractivity contribution in [2.24, 2.45) is 0 Å². The molecule has 0 fully saturated rings. The Morgan fingerprint density at radius 3 is 2.64 bits per heavy atom. The molecule has 0 amide bonds. The Hall–Kier alpha value is -0.780. The second-order valence-electron chi connectivity index (χ2n) is 2.68. The monoisotopic (exact) mass is 236 g/mol. The zero-order chi connectivity index (χ0) is 10.8. The van der Waals surface area contributed by atoms with E-state index in [4.69, 9.17) is 20.9 Å². The molecule has 78 valence electrons. The van der Waals surface area contributed by atoms with Gasteiger partial charge in [0.2, 0.25) is 0 Å². The van der Waals surface area contributed by atoms with Crippen LogP contribution in [0.4, 0.5) is 0 Å². The Morgan fingerprint density at radius 2 is 2.14 bits per heavy atom. The number of methoxy groups -OCH3 is 1. The SMILES string of the molecule is COc1ccc(Cl)cc1CS(=O)(=O)O. The second kappa shape index (κ2) is 4.16. The molecule has 0 heterocycles. The van der Waals surface area contributed by atoms with Gasteiger partial charge < -0.3 is 4.74 Å². The minimum absolute atomic E-state index is 0.336. The van der Waals surface area contributed by atoms with E-state index in [0.717, 1.165) is 0 Å². The van der Waals surface area contributed by atoms with Crippen molar-refractivity contribution < 1.29 is 17.7 Å². The minimum atomic E-state index is -4.07. The van der Waals surface area contributed by atoms with Crippen molar-refractivity contribution in [3.63, 3.8) is 0 Å². The second-order valence-corrected chi connectivity index (χ2v) is 4.57. The lowest BCUT2D eigenvalue weighted by molar-refractivity contribution is 0.409. The summed E-state index contributed by atoms with van der Waals surface area (Å²) in [6, 6.07) is 4.56. The van der Waals surface area contributed by atoms with Crippen LogP contribution in [0.15, 0.2) is 18.2 Å². The number of hydrogen-bond donors (Lipinski definition) is 1. The van der Waals surface area contributed by atoms with E-state index in [1.165, 1.54) is 13.2 Å². The van der Waals surface area contributed by atoms with Crippen LogP contribution < -0.4 is 4.74 Å². The zero-order valence-electron chi connectivity index (χ0n) is 7.40. The van der Waals surface area contributed by atoms with E-state index in [2.05, 4.69) is 0 Å². The molecule has 1 rings (SSSR count). The van der Waals surface area contributed by atoms with Gasteiger partial charge in [0.1, 0.15) is 11.5 Å². The number of ether oxygens (including phenoxy) is 1. The lowest BCUT2D eigenvalue weighted by Crippen LogP contribution is -2.03. The van der Waals surface area contributed by atoms with Gasteiger partial charge in [0.15, 0.2) is 0 Å². The van der Waals surface area contributed by atoms with E-state index in [1.54, 1.807) is 12.1 Å². The molecule has 0 saturated carbocycles. The summed E-state index contributed by atoms with van der Waals surface area (Å²) in [6.07, 6.45) is 0. The summed E-state index contributed by atoms with van der Waals surface area (Å²) in [7, 11) is -2.65. The van der Waals surface area contributed by atoms with Crippen molar-refractivity contribution in [2.75, 3.05) is 7.11 Å². The van der Waals surface area contributed by atoms with E-state index < -0.39 is 15.9 Å². The van der Waals surface area contributed by atoms with Crippen molar-refractivity contribution in [1.82, 2.24) is 0 Å². The maximum absolute atomic E-state index is 10.6. The van der Waals surface area contributed by atoms with Gasteiger partial charge in [0, 0.05) is 10.6 Å². The molecule has 0 aliphatic carbocycles. The van der Waals surface area contributed by atoms with Crippen LogP contribution in [0.1, 0.15) is 5.56 Å². The fraction of sp³-hybridized carbons (Fsp3) is 0.250. The van der Waals surface area contributed by atoms with Gasteiger partial charge in [-0.2, -0.15) is 8.42 Å². The van der Waals surface area contributed by atoms with E-state index in [0.29, 0.717) is 16.3 Å². The molecular formula is C8H9ClO4S. The van der Waals surface area contributed by atoms with E-state index in [9.17, 15) is 8.42 Å². The fourth-order valence-corrected chi connectivity index (χ4v) is 1.87. The third kappa shape index (κ3) is 3.17. The number of halogens is 1. The lowest BCUT2D eigenvalue weighted by atomic mass is 10.2. The first-order chi connectivity index (χ1) is 6.42. The van der Waals surface area contributed by atoms with Crippen LogP contribution in [0.25, 0.3) is 0 Å². The summed E-state index contributed by atoms with van der Waals surface area (Å²) in [5.41, 5.74) is 0.336. The van der Waals surface area contributed by atoms with Crippen LogP contribution in [0, 0.1) is 0 Å².